The average molecular weight is 328 g/mol. The maximum absolute atomic E-state index is 12.3. The molecule has 0 aliphatic carbocycles. The van der Waals surface area contributed by atoms with Gasteiger partial charge in [-0.2, -0.15) is 0 Å². The number of ether oxygens (including phenoxy) is 1. The molecule has 0 aliphatic rings. The van der Waals surface area contributed by atoms with Crippen LogP contribution in [0.2, 0.25) is 0 Å². The molecule has 4 rings (SSSR count). The monoisotopic (exact) mass is 328 g/mol. The fraction of sp³-hybridized carbons (Fsp3) is 0.0476. The second-order valence-corrected chi connectivity index (χ2v) is 5.69. The first kappa shape index (κ1) is 15.1. The van der Waals surface area contributed by atoms with Gasteiger partial charge in [0.05, 0.1) is 0 Å². The van der Waals surface area contributed by atoms with Crippen LogP contribution >= 0.6 is 0 Å². The van der Waals surface area contributed by atoms with Gasteiger partial charge in [0.1, 0.15) is 11.3 Å². The lowest BCUT2D eigenvalue weighted by molar-refractivity contribution is -0.118. The zero-order valence-corrected chi connectivity index (χ0v) is 13.5. The van der Waals surface area contributed by atoms with Crippen molar-refractivity contribution in [3.8, 4) is 5.75 Å². The van der Waals surface area contributed by atoms with E-state index in [0.717, 1.165) is 27.4 Å². The van der Waals surface area contributed by atoms with Crippen molar-refractivity contribution in [1.29, 1.82) is 0 Å². The van der Waals surface area contributed by atoms with Crippen LogP contribution in [0.25, 0.3) is 21.7 Å². The number of pyridine rings is 1. The Morgan fingerprint density at radius 2 is 1.64 bits per heavy atom. The normalized spacial score (nSPS) is 10.7. The lowest BCUT2D eigenvalue weighted by atomic mass is 10.1. The minimum Gasteiger partial charge on any atom is -0.481 e. The van der Waals surface area contributed by atoms with Gasteiger partial charge in [0.2, 0.25) is 0 Å². The molecule has 25 heavy (non-hydrogen) atoms. The molecule has 0 radical (unpaired) electrons. The number of aromatic nitrogens is 1. The minimum absolute atomic E-state index is 0.0705. The third-order valence-electron chi connectivity index (χ3n) is 4.02. The molecular formula is C21H16N2O2. The Kier molecular flexibility index (Phi) is 4.01. The summed E-state index contributed by atoms with van der Waals surface area (Å²) in [6, 6.07) is 23.3. The molecule has 1 aromatic heterocycles. The van der Waals surface area contributed by atoms with Crippen LogP contribution in [0.5, 0.6) is 5.75 Å². The Hall–Kier alpha value is -3.40. The van der Waals surface area contributed by atoms with Crippen molar-refractivity contribution in [1.82, 2.24) is 4.98 Å². The van der Waals surface area contributed by atoms with Gasteiger partial charge in [0.15, 0.2) is 6.61 Å². The SMILES string of the molecule is O=C(COc1cccc2cccnc12)Nc1cccc2ccccc12. The summed E-state index contributed by atoms with van der Waals surface area (Å²) in [7, 11) is 0. The zero-order chi connectivity index (χ0) is 17.1. The number of nitrogens with zero attached hydrogens (tertiary/aromatic N) is 1. The number of rotatable bonds is 4. The second kappa shape index (κ2) is 6.61. The van der Waals surface area contributed by atoms with Crippen LogP contribution in [0.3, 0.4) is 0 Å². The summed E-state index contributed by atoms with van der Waals surface area (Å²) >= 11 is 0. The van der Waals surface area contributed by atoms with E-state index in [-0.39, 0.29) is 12.5 Å². The highest BCUT2D eigenvalue weighted by Crippen LogP contribution is 2.24. The van der Waals surface area contributed by atoms with Crippen LogP contribution in [0.1, 0.15) is 0 Å². The summed E-state index contributed by atoms with van der Waals surface area (Å²) in [5, 5.41) is 5.99. The van der Waals surface area contributed by atoms with E-state index in [2.05, 4.69) is 10.3 Å². The molecule has 0 saturated carbocycles. The Bertz CT molecular complexity index is 1050. The van der Waals surface area contributed by atoms with Gasteiger partial charge in [-0.05, 0) is 23.6 Å². The third-order valence-corrected chi connectivity index (χ3v) is 4.02. The molecule has 0 bridgehead atoms. The molecule has 0 saturated heterocycles. The number of carbonyl (C=O) groups is 1. The van der Waals surface area contributed by atoms with Gasteiger partial charge in [-0.25, -0.2) is 0 Å². The summed E-state index contributed by atoms with van der Waals surface area (Å²) in [5.74, 6) is 0.399. The Balaban J connectivity index is 1.50. The lowest BCUT2D eigenvalue weighted by Gasteiger charge is -2.11. The quantitative estimate of drug-likeness (QED) is 0.604. The number of para-hydroxylation sites is 1. The van der Waals surface area contributed by atoms with Gasteiger partial charge in [-0.1, -0.05) is 54.6 Å². The standard InChI is InChI=1S/C21H16N2O2/c24-20(23-18-11-3-7-15-6-1-2-10-17(15)18)14-25-19-12-4-8-16-9-5-13-22-21(16)19/h1-13H,14H2,(H,23,24). The fourth-order valence-electron chi connectivity index (χ4n) is 2.86. The van der Waals surface area contributed by atoms with Crippen molar-refractivity contribution in [2.45, 2.75) is 0 Å². The van der Waals surface area contributed by atoms with Crippen LogP contribution in [0, 0.1) is 0 Å². The van der Waals surface area contributed by atoms with Gasteiger partial charge in [-0.3, -0.25) is 9.78 Å². The van der Waals surface area contributed by atoms with Crippen molar-refractivity contribution in [3.63, 3.8) is 0 Å². The molecule has 0 spiro atoms. The van der Waals surface area contributed by atoms with Crippen LogP contribution in [0.15, 0.2) is 79.0 Å². The number of hydrogen-bond donors (Lipinski definition) is 1. The molecule has 3 aromatic carbocycles. The van der Waals surface area contributed by atoms with E-state index in [1.54, 1.807) is 6.20 Å². The Morgan fingerprint density at radius 3 is 2.60 bits per heavy atom. The number of nitrogens with one attached hydrogen (secondary N) is 1. The average Bonchev–Trinajstić information content (AvgIpc) is 2.66. The smallest absolute Gasteiger partial charge is 0.262 e. The zero-order valence-electron chi connectivity index (χ0n) is 13.5. The van der Waals surface area contributed by atoms with Gasteiger partial charge < -0.3 is 10.1 Å². The maximum Gasteiger partial charge on any atom is 0.262 e. The van der Waals surface area contributed by atoms with E-state index >= 15 is 0 Å². The molecule has 1 amide bonds. The molecule has 0 atom stereocenters. The van der Waals surface area contributed by atoms with E-state index < -0.39 is 0 Å². The van der Waals surface area contributed by atoms with E-state index in [0.29, 0.717) is 5.75 Å². The predicted octanol–water partition coefficient (Wildman–Crippen LogP) is 4.41. The topological polar surface area (TPSA) is 51.2 Å². The molecule has 4 aromatic rings. The maximum atomic E-state index is 12.3. The fourth-order valence-corrected chi connectivity index (χ4v) is 2.86. The molecular weight excluding hydrogens is 312 g/mol. The summed E-state index contributed by atoms with van der Waals surface area (Å²) < 4.78 is 5.69. The van der Waals surface area contributed by atoms with Crippen molar-refractivity contribution < 1.29 is 9.53 Å². The molecule has 0 fully saturated rings. The molecule has 122 valence electrons. The number of fused-ring (bicyclic) bond motifs is 2. The van der Waals surface area contributed by atoms with Crippen molar-refractivity contribution >= 4 is 33.3 Å². The first-order valence-electron chi connectivity index (χ1n) is 8.05. The van der Waals surface area contributed by atoms with Gasteiger partial charge in [0, 0.05) is 22.7 Å². The minimum atomic E-state index is -0.204. The van der Waals surface area contributed by atoms with E-state index in [9.17, 15) is 4.79 Å². The second-order valence-electron chi connectivity index (χ2n) is 5.69. The molecule has 0 aliphatic heterocycles. The van der Waals surface area contributed by atoms with Crippen LogP contribution in [-0.4, -0.2) is 17.5 Å². The number of carbonyl (C=O) groups excluding carboxylic acids is 1. The van der Waals surface area contributed by atoms with Crippen LogP contribution < -0.4 is 10.1 Å². The molecule has 1 heterocycles. The molecule has 4 nitrogen and oxygen atoms in total. The lowest BCUT2D eigenvalue weighted by Crippen LogP contribution is -2.20. The van der Waals surface area contributed by atoms with E-state index in [1.165, 1.54) is 0 Å². The van der Waals surface area contributed by atoms with Gasteiger partial charge in [0.25, 0.3) is 5.91 Å². The van der Waals surface area contributed by atoms with Gasteiger partial charge in [-0.15, -0.1) is 0 Å². The first-order valence-corrected chi connectivity index (χ1v) is 8.05. The van der Waals surface area contributed by atoms with Crippen molar-refractivity contribution in [3.05, 3.63) is 79.0 Å². The predicted molar refractivity (Wildman–Crippen MR) is 99.8 cm³/mol. The van der Waals surface area contributed by atoms with Crippen LogP contribution in [-0.2, 0) is 4.79 Å². The Labute approximate surface area is 145 Å². The molecule has 4 heteroatoms. The van der Waals surface area contributed by atoms with Gasteiger partial charge >= 0.3 is 0 Å². The van der Waals surface area contributed by atoms with E-state index in [1.807, 2.05) is 72.8 Å². The molecule has 0 unspecified atom stereocenters. The molecule has 1 N–H and O–H groups in total. The summed E-state index contributed by atoms with van der Waals surface area (Å²) in [6.07, 6.45) is 1.71. The highest BCUT2D eigenvalue weighted by Gasteiger charge is 2.08. The van der Waals surface area contributed by atoms with Crippen molar-refractivity contribution in [2.24, 2.45) is 0 Å². The number of benzene rings is 3. The summed E-state index contributed by atoms with van der Waals surface area (Å²) in [5.41, 5.74) is 1.53. The number of anilines is 1. The number of hydrogen-bond acceptors (Lipinski definition) is 3. The van der Waals surface area contributed by atoms with Crippen molar-refractivity contribution in [2.75, 3.05) is 11.9 Å². The highest BCUT2D eigenvalue weighted by atomic mass is 16.5. The van der Waals surface area contributed by atoms with Crippen LogP contribution in [0.4, 0.5) is 5.69 Å². The third kappa shape index (κ3) is 3.15. The largest absolute Gasteiger partial charge is 0.481 e. The first-order chi connectivity index (χ1) is 12.3. The highest BCUT2D eigenvalue weighted by molar-refractivity contribution is 6.02. The summed E-state index contributed by atoms with van der Waals surface area (Å²) in [6.45, 7) is -0.0705. The Morgan fingerprint density at radius 1 is 0.880 bits per heavy atom. The summed E-state index contributed by atoms with van der Waals surface area (Å²) in [4.78, 5) is 16.6. The van der Waals surface area contributed by atoms with E-state index in [4.69, 9.17) is 4.74 Å². The number of amides is 1.